The van der Waals surface area contributed by atoms with Crippen LogP contribution in [0.15, 0.2) is 66.9 Å². The zero-order valence-corrected chi connectivity index (χ0v) is 21.3. The minimum absolute atomic E-state index is 0.0668. The van der Waals surface area contributed by atoms with E-state index in [1.54, 1.807) is 12.3 Å². The number of carbonyl (C=O) groups is 1. The molecule has 1 amide bonds. The molecule has 0 spiro atoms. The van der Waals surface area contributed by atoms with E-state index in [4.69, 9.17) is 9.97 Å². The van der Waals surface area contributed by atoms with Crippen molar-refractivity contribution in [2.75, 3.05) is 18.4 Å². The summed E-state index contributed by atoms with van der Waals surface area (Å²) >= 11 is 0. The van der Waals surface area contributed by atoms with Crippen molar-refractivity contribution in [1.82, 2.24) is 24.4 Å². The van der Waals surface area contributed by atoms with Crippen molar-refractivity contribution in [3.8, 4) is 28.7 Å². The van der Waals surface area contributed by atoms with Crippen LogP contribution in [0.2, 0.25) is 0 Å². The van der Waals surface area contributed by atoms with Crippen molar-refractivity contribution in [3.05, 3.63) is 66.9 Å². The number of phenols is 2. The van der Waals surface area contributed by atoms with E-state index >= 15 is 0 Å². The summed E-state index contributed by atoms with van der Waals surface area (Å²) in [5.41, 5.74) is 2.01. The molecule has 0 bridgehead atoms. The lowest BCUT2D eigenvalue weighted by atomic mass is 10.1. The van der Waals surface area contributed by atoms with Gasteiger partial charge in [0.15, 0.2) is 11.5 Å². The summed E-state index contributed by atoms with van der Waals surface area (Å²) in [6.45, 7) is 1.45. The van der Waals surface area contributed by atoms with E-state index in [0.717, 1.165) is 48.6 Å². The quantitative estimate of drug-likeness (QED) is 0.283. The maximum atomic E-state index is 12.6. The average Bonchev–Trinajstić information content (AvgIpc) is 3.74. The highest BCUT2D eigenvalue weighted by molar-refractivity contribution is 5.90. The van der Waals surface area contributed by atoms with Gasteiger partial charge < -0.3 is 20.4 Å². The predicted molar refractivity (Wildman–Crippen MR) is 149 cm³/mol. The largest absolute Gasteiger partial charge is 0.504 e. The molecule has 0 radical (unpaired) electrons. The number of rotatable bonds is 5. The number of anilines is 1. The van der Waals surface area contributed by atoms with Crippen molar-refractivity contribution in [2.24, 2.45) is 5.92 Å². The van der Waals surface area contributed by atoms with Crippen LogP contribution in [0.4, 0.5) is 5.95 Å². The SMILES string of the molecule is O=C(C1CC1)N1CCCC(Nc2nccc(-n3c(-c4ccc5ccccc5c4)nc4cc(O)c(O)cc43)n2)C1. The van der Waals surface area contributed by atoms with Crippen LogP contribution in [0.1, 0.15) is 25.7 Å². The van der Waals surface area contributed by atoms with E-state index in [1.807, 2.05) is 33.7 Å². The molecular formula is C30H28N6O3. The van der Waals surface area contributed by atoms with Crippen LogP contribution in [0.3, 0.4) is 0 Å². The van der Waals surface area contributed by atoms with E-state index in [9.17, 15) is 15.0 Å². The summed E-state index contributed by atoms with van der Waals surface area (Å²) in [6.07, 6.45) is 5.58. The highest BCUT2D eigenvalue weighted by Crippen LogP contribution is 2.36. The third-order valence-corrected chi connectivity index (χ3v) is 7.62. The van der Waals surface area contributed by atoms with Crippen LogP contribution in [-0.4, -0.2) is 59.7 Å². The maximum absolute atomic E-state index is 12.6. The minimum atomic E-state index is -0.233. The molecule has 1 aliphatic carbocycles. The molecule has 5 aromatic rings. The zero-order chi connectivity index (χ0) is 26.5. The number of nitrogens with one attached hydrogen (secondary N) is 1. The number of benzene rings is 3. The molecule has 2 aliphatic rings. The van der Waals surface area contributed by atoms with Gasteiger partial charge in [0.25, 0.3) is 0 Å². The van der Waals surface area contributed by atoms with Gasteiger partial charge in [-0.3, -0.25) is 9.36 Å². The Balaban J connectivity index is 1.27. The van der Waals surface area contributed by atoms with Gasteiger partial charge in [-0.15, -0.1) is 0 Å². The van der Waals surface area contributed by atoms with Crippen LogP contribution in [-0.2, 0) is 4.79 Å². The standard InChI is InChI=1S/C30H28N6O3/c37-25-15-23-24(16-26(25)38)36(28(33-23)21-10-7-18-4-1-2-5-20(18)14-21)27-11-12-31-30(34-27)32-22-6-3-13-35(17-22)29(39)19-8-9-19/h1-2,4-5,7,10-12,14-16,19,22,37-38H,3,6,8-9,13,17H2,(H,31,32,34). The van der Waals surface area contributed by atoms with Crippen molar-refractivity contribution < 1.29 is 15.0 Å². The number of carbonyl (C=O) groups excluding carboxylic acids is 1. The second-order valence-electron chi connectivity index (χ2n) is 10.4. The van der Waals surface area contributed by atoms with Crippen LogP contribution in [0.25, 0.3) is 39.0 Å². The van der Waals surface area contributed by atoms with Gasteiger partial charge in [-0.05, 0) is 48.6 Å². The van der Waals surface area contributed by atoms with Gasteiger partial charge in [-0.1, -0.05) is 36.4 Å². The van der Waals surface area contributed by atoms with Crippen molar-refractivity contribution in [2.45, 2.75) is 31.7 Å². The minimum Gasteiger partial charge on any atom is -0.504 e. The van der Waals surface area contributed by atoms with Gasteiger partial charge in [0.05, 0.1) is 11.0 Å². The van der Waals surface area contributed by atoms with Gasteiger partial charge in [-0.2, -0.15) is 4.98 Å². The Labute approximate surface area is 224 Å². The van der Waals surface area contributed by atoms with Gasteiger partial charge >= 0.3 is 0 Å². The Hall–Kier alpha value is -4.66. The number of piperidine rings is 1. The van der Waals surface area contributed by atoms with Gasteiger partial charge in [0.2, 0.25) is 11.9 Å². The molecule has 1 saturated heterocycles. The summed E-state index contributed by atoms with van der Waals surface area (Å²) in [7, 11) is 0. The first-order valence-corrected chi connectivity index (χ1v) is 13.4. The molecule has 7 rings (SSSR count). The third kappa shape index (κ3) is 4.39. The second-order valence-corrected chi connectivity index (χ2v) is 10.4. The van der Waals surface area contributed by atoms with Crippen LogP contribution < -0.4 is 5.32 Å². The number of aromatic nitrogens is 4. The molecule has 3 aromatic carbocycles. The monoisotopic (exact) mass is 520 g/mol. The van der Waals surface area contributed by atoms with Crippen LogP contribution >= 0.6 is 0 Å². The van der Waals surface area contributed by atoms with E-state index in [1.165, 1.54) is 12.1 Å². The summed E-state index contributed by atoms with van der Waals surface area (Å²) in [5.74, 6) is 1.68. The molecular weight excluding hydrogens is 492 g/mol. The molecule has 39 heavy (non-hydrogen) atoms. The first kappa shape index (κ1) is 23.5. The van der Waals surface area contributed by atoms with Crippen molar-refractivity contribution in [3.63, 3.8) is 0 Å². The number of phenolic OH excluding ortho intramolecular Hbond substituents is 2. The van der Waals surface area contributed by atoms with Crippen molar-refractivity contribution >= 4 is 33.7 Å². The van der Waals surface area contributed by atoms with Crippen LogP contribution in [0, 0.1) is 5.92 Å². The number of hydrogen-bond donors (Lipinski definition) is 3. The number of fused-ring (bicyclic) bond motifs is 2. The lowest BCUT2D eigenvalue weighted by Crippen LogP contribution is -2.45. The number of likely N-dealkylation sites (tertiary alicyclic amines) is 1. The summed E-state index contributed by atoms with van der Waals surface area (Å²) < 4.78 is 1.87. The molecule has 9 nitrogen and oxygen atoms in total. The topological polar surface area (TPSA) is 116 Å². The first-order valence-electron chi connectivity index (χ1n) is 13.4. The molecule has 3 heterocycles. The molecule has 2 fully saturated rings. The third-order valence-electron chi connectivity index (χ3n) is 7.62. The number of amides is 1. The highest BCUT2D eigenvalue weighted by Gasteiger charge is 2.35. The number of hydrogen-bond acceptors (Lipinski definition) is 7. The smallest absolute Gasteiger partial charge is 0.225 e. The van der Waals surface area contributed by atoms with Crippen LogP contribution in [0.5, 0.6) is 11.5 Å². The first-order chi connectivity index (χ1) is 19.0. The van der Waals surface area contributed by atoms with Crippen molar-refractivity contribution in [1.29, 1.82) is 0 Å². The second kappa shape index (κ2) is 9.27. The van der Waals surface area contributed by atoms with Gasteiger partial charge in [0, 0.05) is 48.9 Å². The summed E-state index contributed by atoms with van der Waals surface area (Å²) in [4.78, 5) is 28.7. The Bertz CT molecular complexity index is 1730. The normalized spacial score (nSPS) is 17.5. The number of aromatic hydroxyl groups is 2. The number of imidazole rings is 1. The molecule has 1 atom stereocenters. The lowest BCUT2D eigenvalue weighted by Gasteiger charge is -2.33. The molecule has 2 aromatic heterocycles. The van der Waals surface area contributed by atoms with Gasteiger partial charge in [-0.25, -0.2) is 9.97 Å². The summed E-state index contributed by atoms with van der Waals surface area (Å²) in [5, 5.41) is 26.1. The average molecular weight is 521 g/mol. The fourth-order valence-corrected chi connectivity index (χ4v) is 5.47. The van der Waals surface area contributed by atoms with E-state index in [0.29, 0.717) is 35.2 Å². The molecule has 1 unspecified atom stereocenters. The highest BCUT2D eigenvalue weighted by atomic mass is 16.3. The Morgan fingerprint density at radius 2 is 1.74 bits per heavy atom. The van der Waals surface area contributed by atoms with Gasteiger partial charge in [0.1, 0.15) is 11.6 Å². The fourth-order valence-electron chi connectivity index (χ4n) is 5.47. The Morgan fingerprint density at radius 3 is 2.59 bits per heavy atom. The molecule has 1 saturated carbocycles. The summed E-state index contributed by atoms with van der Waals surface area (Å²) in [6, 6.07) is 19.1. The molecule has 3 N–H and O–H groups in total. The lowest BCUT2D eigenvalue weighted by molar-refractivity contribution is -0.133. The maximum Gasteiger partial charge on any atom is 0.225 e. The fraction of sp³-hybridized carbons (Fsp3) is 0.267. The Morgan fingerprint density at radius 1 is 0.923 bits per heavy atom. The molecule has 1 aliphatic heterocycles. The zero-order valence-electron chi connectivity index (χ0n) is 21.3. The predicted octanol–water partition coefficient (Wildman–Crippen LogP) is 4.86. The number of nitrogens with zero attached hydrogens (tertiary/aromatic N) is 5. The van der Waals surface area contributed by atoms with E-state index in [2.05, 4.69) is 28.5 Å². The Kier molecular flexibility index (Phi) is 5.57. The molecule has 196 valence electrons. The molecule has 9 heteroatoms. The van der Waals surface area contributed by atoms with E-state index < -0.39 is 0 Å². The van der Waals surface area contributed by atoms with E-state index in [-0.39, 0.29) is 29.4 Å².